The molecule has 158 valence electrons. The molecule has 0 amide bonds. The molecule has 3 aromatic rings. The van der Waals surface area contributed by atoms with Crippen molar-refractivity contribution < 1.29 is 17.7 Å². The minimum atomic E-state index is -2.33. The van der Waals surface area contributed by atoms with Gasteiger partial charge in [0, 0.05) is 29.4 Å². The van der Waals surface area contributed by atoms with E-state index in [2.05, 4.69) is 14.8 Å². The Morgan fingerprint density at radius 3 is 2.67 bits per heavy atom. The maximum Gasteiger partial charge on any atom is 0.151 e. The van der Waals surface area contributed by atoms with E-state index in [4.69, 9.17) is 4.52 Å². The van der Waals surface area contributed by atoms with E-state index in [1.165, 1.54) is 6.07 Å². The second kappa shape index (κ2) is 9.61. The summed E-state index contributed by atoms with van der Waals surface area (Å²) in [5.41, 5.74) is 3.27. The van der Waals surface area contributed by atoms with Crippen LogP contribution in [0.5, 0.6) is 0 Å². The molecule has 1 N–H and O–H groups in total. The van der Waals surface area contributed by atoms with Crippen molar-refractivity contribution in [3.8, 4) is 11.3 Å². The predicted molar refractivity (Wildman–Crippen MR) is 111 cm³/mol. The van der Waals surface area contributed by atoms with Gasteiger partial charge in [-0.3, -0.25) is 9.11 Å². The molecular weight excluding hydrogens is 405 g/mol. The molecule has 1 aromatic heterocycles. The number of nitrogens with zero attached hydrogens (tertiary/aromatic N) is 2. The molecule has 0 spiro atoms. The van der Waals surface area contributed by atoms with Gasteiger partial charge in [0.15, 0.2) is 5.76 Å². The first-order valence-corrected chi connectivity index (χ1v) is 11.0. The molecule has 30 heavy (non-hydrogen) atoms. The molecule has 1 aliphatic rings. The molecule has 2 aromatic carbocycles. The zero-order valence-corrected chi connectivity index (χ0v) is 17.2. The predicted octanol–water partition coefficient (Wildman–Crippen LogP) is 3.74. The fourth-order valence-electron chi connectivity index (χ4n) is 3.91. The summed E-state index contributed by atoms with van der Waals surface area (Å²) in [6, 6.07) is 16.7. The lowest BCUT2D eigenvalue weighted by Gasteiger charge is -2.31. The van der Waals surface area contributed by atoms with Gasteiger partial charge in [-0.2, -0.15) is 0 Å². The van der Waals surface area contributed by atoms with Crippen LogP contribution in [-0.2, 0) is 24.4 Å². The highest BCUT2D eigenvalue weighted by Crippen LogP contribution is 2.31. The molecule has 1 fully saturated rings. The number of aromatic nitrogens is 1. The van der Waals surface area contributed by atoms with Crippen LogP contribution < -0.4 is 4.72 Å². The normalized spacial score (nSPS) is 16.6. The number of benzene rings is 2. The van der Waals surface area contributed by atoms with Gasteiger partial charge in [-0.15, -0.1) is 0 Å². The van der Waals surface area contributed by atoms with Crippen LogP contribution in [0.4, 0.5) is 4.39 Å². The van der Waals surface area contributed by atoms with Crippen molar-refractivity contribution in [1.29, 1.82) is 0 Å². The summed E-state index contributed by atoms with van der Waals surface area (Å²) in [6.45, 7) is 2.50. The fraction of sp³-hybridized carbons (Fsp3) is 0.318. The van der Waals surface area contributed by atoms with Gasteiger partial charge in [-0.25, -0.2) is 9.11 Å². The Morgan fingerprint density at radius 1 is 1.17 bits per heavy atom. The highest BCUT2D eigenvalue weighted by atomic mass is 32.2. The molecular formula is C22H23FN3O3S-. The maximum atomic E-state index is 14.4. The molecule has 8 heteroatoms. The molecule has 1 unspecified atom stereocenters. The van der Waals surface area contributed by atoms with E-state index in [1.54, 1.807) is 12.1 Å². The van der Waals surface area contributed by atoms with Gasteiger partial charge in [0.1, 0.15) is 11.5 Å². The van der Waals surface area contributed by atoms with Crippen LogP contribution in [0.1, 0.15) is 35.6 Å². The Bertz CT molecular complexity index is 1000. The van der Waals surface area contributed by atoms with E-state index in [1.807, 2.05) is 36.4 Å². The number of halogens is 1. The van der Waals surface area contributed by atoms with Gasteiger partial charge in [0.05, 0.1) is 6.54 Å². The Balaban J connectivity index is 1.35. The van der Waals surface area contributed by atoms with E-state index >= 15 is 0 Å². The molecule has 0 radical (unpaired) electrons. The fourth-order valence-corrected chi connectivity index (χ4v) is 4.20. The van der Waals surface area contributed by atoms with Crippen LogP contribution >= 0.6 is 0 Å². The number of hydrogen-bond acceptors (Lipinski definition) is 5. The molecule has 0 saturated carbocycles. The molecule has 0 bridgehead atoms. The number of hydrogen-bond donors (Lipinski definition) is 1. The first-order valence-electron chi connectivity index (χ1n) is 9.93. The summed E-state index contributed by atoms with van der Waals surface area (Å²) < 4.78 is 43.6. The molecule has 6 nitrogen and oxygen atoms in total. The van der Waals surface area contributed by atoms with Gasteiger partial charge in [-0.05, 0) is 49.0 Å². The average Bonchev–Trinajstić information content (AvgIpc) is 3.23. The molecule has 1 saturated heterocycles. The van der Waals surface area contributed by atoms with E-state index in [9.17, 15) is 13.2 Å². The third kappa shape index (κ3) is 5.20. The number of likely N-dealkylation sites (tertiary alicyclic amines) is 1. The SMILES string of the molecule is O=S([O-])NCc1ccc(F)c(C2CCN(Cc3cc(-c4ccccc4)no3)CC2)c1. The quantitative estimate of drug-likeness (QED) is 0.580. The van der Waals surface area contributed by atoms with Gasteiger partial charge in [0.25, 0.3) is 0 Å². The van der Waals surface area contributed by atoms with Crippen molar-refractivity contribution in [3.63, 3.8) is 0 Å². The minimum Gasteiger partial charge on any atom is -0.760 e. The van der Waals surface area contributed by atoms with Crippen molar-refractivity contribution in [2.75, 3.05) is 13.1 Å². The van der Waals surface area contributed by atoms with E-state index < -0.39 is 11.3 Å². The van der Waals surface area contributed by atoms with Crippen molar-refractivity contribution in [2.24, 2.45) is 0 Å². The molecule has 2 heterocycles. The summed E-state index contributed by atoms with van der Waals surface area (Å²) >= 11 is -2.33. The molecule has 0 aliphatic carbocycles. The summed E-state index contributed by atoms with van der Waals surface area (Å²) in [7, 11) is 0. The average molecular weight is 429 g/mol. The van der Waals surface area contributed by atoms with Crippen molar-refractivity contribution in [2.45, 2.75) is 31.8 Å². The van der Waals surface area contributed by atoms with Crippen LogP contribution in [0.25, 0.3) is 11.3 Å². The van der Waals surface area contributed by atoms with Gasteiger partial charge in [0.2, 0.25) is 0 Å². The van der Waals surface area contributed by atoms with Crippen LogP contribution in [-0.4, -0.2) is 31.9 Å². The highest BCUT2D eigenvalue weighted by molar-refractivity contribution is 7.77. The summed E-state index contributed by atoms with van der Waals surface area (Å²) in [6.07, 6.45) is 1.67. The van der Waals surface area contributed by atoms with E-state index in [-0.39, 0.29) is 18.3 Å². The standard InChI is InChI=1S/C22H24FN3O3S/c23-21-7-6-16(14-24-30(27)28)12-20(21)17-8-10-26(11-9-17)15-19-13-22(25-29-19)18-4-2-1-3-5-18/h1-7,12-13,17,24H,8-11,14-15H2,(H,27,28)/p-1. The summed E-state index contributed by atoms with van der Waals surface area (Å²) in [4.78, 5) is 2.29. The van der Waals surface area contributed by atoms with Gasteiger partial charge in [-0.1, -0.05) is 47.6 Å². The lowest BCUT2D eigenvalue weighted by atomic mass is 9.88. The lowest BCUT2D eigenvalue weighted by molar-refractivity contribution is 0.183. The molecule has 1 aliphatic heterocycles. The first kappa shape index (κ1) is 20.9. The van der Waals surface area contributed by atoms with Crippen molar-refractivity contribution in [1.82, 2.24) is 14.8 Å². The maximum absolute atomic E-state index is 14.4. The molecule has 4 rings (SSSR count). The number of nitrogens with one attached hydrogen (secondary N) is 1. The van der Waals surface area contributed by atoms with E-state index in [0.29, 0.717) is 12.1 Å². The highest BCUT2D eigenvalue weighted by Gasteiger charge is 2.24. The second-order valence-corrected chi connectivity index (χ2v) is 8.26. The Kier molecular flexibility index (Phi) is 6.69. The Morgan fingerprint density at radius 2 is 1.93 bits per heavy atom. The summed E-state index contributed by atoms with van der Waals surface area (Å²) in [5, 5.41) is 4.16. The van der Waals surface area contributed by atoms with Crippen LogP contribution in [0.2, 0.25) is 0 Å². The van der Waals surface area contributed by atoms with Crippen LogP contribution in [0.15, 0.2) is 59.1 Å². The largest absolute Gasteiger partial charge is 0.760 e. The lowest BCUT2D eigenvalue weighted by Crippen LogP contribution is -2.32. The van der Waals surface area contributed by atoms with Gasteiger partial charge >= 0.3 is 0 Å². The number of rotatable bonds is 7. The minimum absolute atomic E-state index is 0.119. The zero-order valence-electron chi connectivity index (χ0n) is 16.4. The second-order valence-electron chi connectivity index (χ2n) is 7.51. The van der Waals surface area contributed by atoms with Crippen LogP contribution in [0.3, 0.4) is 0 Å². The van der Waals surface area contributed by atoms with Gasteiger partial charge < -0.3 is 9.08 Å². The molecule has 1 atom stereocenters. The Labute approximate surface area is 177 Å². The third-order valence-electron chi connectivity index (χ3n) is 5.49. The smallest absolute Gasteiger partial charge is 0.151 e. The van der Waals surface area contributed by atoms with E-state index in [0.717, 1.165) is 48.5 Å². The first-order chi connectivity index (χ1) is 14.6. The number of piperidine rings is 1. The Hall–Kier alpha value is -2.39. The van der Waals surface area contributed by atoms with Crippen molar-refractivity contribution in [3.05, 3.63) is 77.3 Å². The monoisotopic (exact) mass is 428 g/mol. The zero-order chi connectivity index (χ0) is 20.9. The third-order valence-corrected chi connectivity index (χ3v) is 5.87. The van der Waals surface area contributed by atoms with Crippen molar-refractivity contribution >= 4 is 11.3 Å². The van der Waals surface area contributed by atoms with Crippen LogP contribution in [0, 0.1) is 5.82 Å². The topological polar surface area (TPSA) is 81.4 Å². The summed E-state index contributed by atoms with van der Waals surface area (Å²) in [5.74, 6) is 0.703.